The SMILES string of the molecule is c1ccc(-c2cccc3cccc(-c4ccc(N(c5ccc6c(c5)C(c5ccccc5)(c5ccccc5)c5cc(C78CC9CC(CC(C9)C7)C8)ccc5-6)c5ccc6c(c5)sc5ccccc56)cc4)c23)cc1. The van der Waals surface area contributed by atoms with E-state index in [1.165, 1.54) is 125 Å². The Kier molecular flexibility index (Phi) is 9.30. The molecule has 5 aliphatic rings. The van der Waals surface area contributed by atoms with Crippen molar-refractivity contribution in [2.45, 2.75) is 49.4 Å². The van der Waals surface area contributed by atoms with E-state index in [-0.39, 0.29) is 5.41 Å². The number of hydrogen-bond acceptors (Lipinski definition) is 2. The third-order valence-electron chi connectivity index (χ3n) is 17.5. The molecular weight excluding hydrogens is 875 g/mol. The summed E-state index contributed by atoms with van der Waals surface area (Å²) < 4.78 is 2.61. The van der Waals surface area contributed by atoms with Gasteiger partial charge in [-0.15, -0.1) is 11.3 Å². The fourth-order valence-electron chi connectivity index (χ4n) is 14.9. The van der Waals surface area contributed by atoms with Crippen LogP contribution in [0.3, 0.4) is 0 Å². The molecule has 0 N–H and O–H groups in total. The van der Waals surface area contributed by atoms with Gasteiger partial charge in [-0.25, -0.2) is 0 Å². The molecule has 0 unspecified atom stereocenters. The van der Waals surface area contributed by atoms with Crippen molar-refractivity contribution in [3.63, 3.8) is 0 Å². The standard InChI is InChI=1S/C69H53NS/c1-4-14-48(15-5-1)57-23-12-16-50-17-13-24-58(67(50)57)49-26-29-54(30-27-49)70(56-32-35-62-61-22-10-11-25-65(61)71-66(62)41-56)55-31-34-60-59-33-28-53(68-42-45-36-46(43-68)38-47(37-45)44-68)39-63(59)69(64(60)40-55,51-18-6-2-7-19-51)52-20-8-3-9-21-52/h1-35,39-41,45-47H,36-38,42-44H2. The van der Waals surface area contributed by atoms with Crippen molar-refractivity contribution < 1.29 is 0 Å². The van der Waals surface area contributed by atoms with Gasteiger partial charge in [0.05, 0.1) is 5.41 Å². The summed E-state index contributed by atoms with van der Waals surface area (Å²) in [5, 5.41) is 5.15. The zero-order valence-corrected chi connectivity index (χ0v) is 40.6. The first-order chi connectivity index (χ1) is 35.1. The minimum atomic E-state index is -0.517. The topological polar surface area (TPSA) is 3.24 Å². The van der Waals surface area contributed by atoms with E-state index in [9.17, 15) is 0 Å². The highest BCUT2D eigenvalue weighted by Gasteiger charge is 2.53. The van der Waals surface area contributed by atoms with Gasteiger partial charge >= 0.3 is 0 Å². The van der Waals surface area contributed by atoms with Crippen LogP contribution in [0, 0.1) is 17.8 Å². The Labute approximate surface area is 420 Å². The van der Waals surface area contributed by atoms with Crippen molar-refractivity contribution in [3.8, 4) is 33.4 Å². The maximum Gasteiger partial charge on any atom is 0.0714 e. The Balaban J connectivity index is 0.932. The number of anilines is 3. The summed E-state index contributed by atoms with van der Waals surface area (Å²) in [5.74, 6) is 2.65. The largest absolute Gasteiger partial charge is 0.310 e. The summed E-state index contributed by atoms with van der Waals surface area (Å²) in [6, 6.07) is 87.6. The number of rotatable bonds is 8. The predicted molar refractivity (Wildman–Crippen MR) is 300 cm³/mol. The predicted octanol–water partition coefficient (Wildman–Crippen LogP) is 18.8. The quantitative estimate of drug-likeness (QED) is 0.147. The number of benzene rings is 10. The molecule has 5 aliphatic carbocycles. The highest BCUT2D eigenvalue weighted by Crippen LogP contribution is 2.63. The normalized spacial score (nSPS) is 20.4. The lowest BCUT2D eigenvalue weighted by molar-refractivity contribution is -0.00522. The monoisotopic (exact) mass is 927 g/mol. The molecule has 0 saturated heterocycles. The second kappa shape index (κ2) is 16.0. The number of fused-ring (bicyclic) bond motifs is 7. The zero-order chi connectivity index (χ0) is 46.7. The van der Waals surface area contributed by atoms with E-state index in [0.29, 0.717) is 0 Å². The number of thiophene rings is 1. The van der Waals surface area contributed by atoms with Gasteiger partial charge in [-0.05, 0) is 176 Å². The van der Waals surface area contributed by atoms with Gasteiger partial charge in [-0.3, -0.25) is 0 Å². The minimum Gasteiger partial charge on any atom is -0.310 e. The Morgan fingerprint density at radius 1 is 0.366 bits per heavy atom. The summed E-state index contributed by atoms with van der Waals surface area (Å²) >= 11 is 1.88. The Morgan fingerprint density at radius 2 is 0.887 bits per heavy atom. The smallest absolute Gasteiger partial charge is 0.0714 e. The maximum absolute atomic E-state index is 2.71. The van der Waals surface area contributed by atoms with E-state index in [1.54, 1.807) is 5.56 Å². The van der Waals surface area contributed by atoms with Gasteiger partial charge in [0, 0.05) is 37.2 Å². The van der Waals surface area contributed by atoms with Crippen LogP contribution < -0.4 is 4.90 Å². The van der Waals surface area contributed by atoms with Gasteiger partial charge in [0.15, 0.2) is 0 Å². The number of hydrogen-bond donors (Lipinski definition) is 0. The first-order valence-corrected chi connectivity index (χ1v) is 26.7. The van der Waals surface area contributed by atoms with Crippen molar-refractivity contribution in [2.24, 2.45) is 17.8 Å². The van der Waals surface area contributed by atoms with Crippen LogP contribution >= 0.6 is 11.3 Å². The second-order valence-corrected chi connectivity index (χ2v) is 22.5. The second-order valence-electron chi connectivity index (χ2n) is 21.4. The van der Waals surface area contributed by atoms with Crippen molar-refractivity contribution in [1.29, 1.82) is 0 Å². The van der Waals surface area contributed by atoms with Gasteiger partial charge in [-0.1, -0.05) is 188 Å². The molecule has 0 aliphatic heterocycles. The Morgan fingerprint density at radius 3 is 1.55 bits per heavy atom. The first kappa shape index (κ1) is 41.3. The lowest BCUT2D eigenvalue weighted by Crippen LogP contribution is -2.48. The third-order valence-corrected chi connectivity index (χ3v) is 18.6. The molecule has 0 radical (unpaired) electrons. The molecule has 0 amide bonds. The minimum absolute atomic E-state index is 0.284. The Hall–Kier alpha value is -7.52. The van der Waals surface area contributed by atoms with E-state index in [1.807, 2.05) is 11.3 Å². The Bertz CT molecular complexity index is 3770. The summed E-state index contributed by atoms with van der Waals surface area (Å²) in [5.41, 5.74) is 17.8. The lowest BCUT2D eigenvalue weighted by Gasteiger charge is -2.57. The van der Waals surface area contributed by atoms with Gasteiger partial charge in [0.25, 0.3) is 0 Å². The molecule has 71 heavy (non-hydrogen) atoms. The summed E-state index contributed by atoms with van der Waals surface area (Å²) in [7, 11) is 0. The average molecular weight is 928 g/mol. The van der Waals surface area contributed by atoms with E-state index in [2.05, 4.69) is 235 Å². The van der Waals surface area contributed by atoms with Crippen LogP contribution in [0.1, 0.15) is 66.3 Å². The van der Waals surface area contributed by atoms with Gasteiger partial charge < -0.3 is 4.90 Å². The molecule has 11 aromatic rings. The molecule has 0 spiro atoms. The molecule has 2 heteroatoms. The lowest BCUT2D eigenvalue weighted by atomic mass is 9.48. The molecule has 1 heterocycles. The molecule has 16 rings (SSSR count). The average Bonchev–Trinajstić information content (AvgIpc) is 3.94. The molecule has 1 aromatic heterocycles. The van der Waals surface area contributed by atoms with Crippen LogP contribution in [0.5, 0.6) is 0 Å². The first-order valence-electron chi connectivity index (χ1n) is 25.9. The fourth-order valence-corrected chi connectivity index (χ4v) is 16.1. The van der Waals surface area contributed by atoms with Crippen LogP contribution in [0.4, 0.5) is 17.1 Å². The maximum atomic E-state index is 2.71. The van der Waals surface area contributed by atoms with Crippen LogP contribution in [0.15, 0.2) is 231 Å². The number of nitrogens with zero attached hydrogens (tertiary/aromatic N) is 1. The van der Waals surface area contributed by atoms with Crippen molar-refractivity contribution >= 4 is 59.3 Å². The van der Waals surface area contributed by atoms with Crippen LogP contribution in [-0.2, 0) is 10.8 Å². The fraction of sp³-hybridized carbons (Fsp3) is 0.159. The molecule has 0 atom stereocenters. The van der Waals surface area contributed by atoms with Crippen molar-refractivity contribution in [3.05, 3.63) is 258 Å². The van der Waals surface area contributed by atoms with Crippen LogP contribution in [-0.4, -0.2) is 0 Å². The molecular formula is C69H53NS. The molecule has 1 nitrogen and oxygen atoms in total. The van der Waals surface area contributed by atoms with E-state index in [0.717, 1.165) is 34.8 Å². The summed E-state index contributed by atoms with van der Waals surface area (Å²) in [4.78, 5) is 2.51. The summed E-state index contributed by atoms with van der Waals surface area (Å²) in [6.45, 7) is 0. The summed E-state index contributed by atoms with van der Waals surface area (Å²) in [6.07, 6.45) is 8.40. The van der Waals surface area contributed by atoms with Crippen LogP contribution in [0.25, 0.3) is 64.3 Å². The van der Waals surface area contributed by atoms with Gasteiger partial charge in [-0.2, -0.15) is 0 Å². The van der Waals surface area contributed by atoms with Gasteiger partial charge in [0.2, 0.25) is 0 Å². The molecule has 4 bridgehead atoms. The molecule has 4 saturated carbocycles. The highest BCUT2D eigenvalue weighted by molar-refractivity contribution is 7.25. The highest BCUT2D eigenvalue weighted by atomic mass is 32.1. The van der Waals surface area contributed by atoms with Gasteiger partial charge in [0.1, 0.15) is 0 Å². The molecule has 4 fully saturated rings. The van der Waals surface area contributed by atoms with Crippen molar-refractivity contribution in [2.75, 3.05) is 4.90 Å². The zero-order valence-electron chi connectivity index (χ0n) is 39.8. The molecule has 10 aromatic carbocycles. The van der Waals surface area contributed by atoms with Crippen LogP contribution in [0.2, 0.25) is 0 Å². The third kappa shape index (κ3) is 6.37. The van der Waals surface area contributed by atoms with E-state index in [4.69, 9.17) is 0 Å². The van der Waals surface area contributed by atoms with E-state index >= 15 is 0 Å². The van der Waals surface area contributed by atoms with Crippen molar-refractivity contribution in [1.82, 2.24) is 0 Å². The van der Waals surface area contributed by atoms with E-state index < -0.39 is 5.41 Å². The molecule has 340 valence electrons.